The molecule has 162 valence electrons. The summed E-state index contributed by atoms with van der Waals surface area (Å²) >= 11 is 0. The Morgan fingerprint density at radius 1 is 1.09 bits per heavy atom. The van der Waals surface area contributed by atoms with Crippen molar-refractivity contribution in [3.8, 4) is 11.1 Å². The van der Waals surface area contributed by atoms with E-state index in [2.05, 4.69) is 46.4 Å². The summed E-state index contributed by atoms with van der Waals surface area (Å²) in [6.07, 6.45) is 8.09. The van der Waals surface area contributed by atoms with Gasteiger partial charge in [-0.2, -0.15) is 0 Å². The topological polar surface area (TPSA) is 62.1 Å². The number of nitrogens with zero attached hydrogens (tertiary/aromatic N) is 2. The van der Waals surface area contributed by atoms with Crippen LogP contribution in [0.1, 0.15) is 65.1 Å². The molecule has 1 N–H and O–H groups in total. The minimum atomic E-state index is 0.101. The zero-order chi connectivity index (χ0) is 21.7. The van der Waals surface area contributed by atoms with Crippen molar-refractivity contribution in [3.05, 3.63) is 77.6 Å². The molecule has 3 aromatic heterocycles. The quantitative estimate of drug-likeness (QED) is 0.434. The van der Waals surface area contributed by atoms with Crippen LogP contribution in [0.2, 0.25) is 0 Å². The van der Waals surface area contributed by atoms with Gasteiger partial charge in [-0.3, -0.25) is 9.78 Å². The van der Waals surface area contributed by atoms with Gasteiger partial charge in [0.25, 0.3) is 5.91 Å². The van der Waals surface area contributed by atoms with Gasteiger partial charge >= 0.3 is 0 Å². The third-order valence-corrected chi connectivity index (χ3v) is 6.97. The SMILES string of the molecule is Cc1oc(C2CC2)cc1C(=O)N1CCC[C@@H](c2[nH]c3ccccc3c2-c2ccncc2)C1. The summed E-state index contributed by atoms with van der Waals surface area (Å²) in [7, 11) is 0. The number of pyridine rings is 1. The molecule has 4 heterocycles. The molecule has 1 saturated carbocycles. The fourth-order valence-electron chi connectivity index (χ4n) is 5.15. The first-order chi connectivity index (χ1) is 15.7. The molecule has 2 fully saturated rings. The van der Waals surface area contributed by atoms with Crippen LogP contribution in [-0.2, 0) is 0 Å². The van der Waals surface area contributed by atoms with Crippen LogP contribution in [0, 0.1) is 6.92 Å². The smallest absolute Gasteiger partial charge is 0.257 e. The van der Waals surface area contributed by atoms with Crippen LogP contribution in [0.3, 0.4) is 0 Å². The summed E-state index contributed by atoms with van der Waals surface area (Å²) in [6, 6.07) is 14.6. The minimum Gasteiger partial charge on any atom is -0.465 e. The van der Waals surface area contributed by atoms with E-state index in [0.717, 1.165) is 47.6 Å². The molecule has 1 aromatic carbocycles. The van der Waals surface area contributed by atoms with Gasteiger partial charge in [0.1, 0.15) is 11.5 Å². The van der Waals surface area contributed by atoms with Gasteiger partial charge in [0.2, 0.25) is 0 Å². The van der Waals surface area contributed by atoms with E-state index in [-0.39, 0.29) is 11.8 Å². The number of rotatable bonds is 4. The minimum absolute atomic E-state index is 0.101. The van der Waals surface area contributed by atoms with E-state index in [4.69, 9.17) is 4.42 Å². The Morgan fingerprint density at radius 2 is 1.91 bits per heavy atom. The Morgan fingerprint density at radius 3 is 2.72 bits per heavy atom. The van der Waals surface area contributed by atoms with Crippen LogP contribution in [0.25, 0.3) is 22.0 Å². The first kappa shape index (κ1) is 19.4. The lowest BCUT2D eigenvalue weighted by Gasteiger charge is -2.33. The highest BCUT2D eigenvalue weighted by atomic mass is 16.3. The molecule has 5 nitrogen and oxygen atoms in total. The third kappa shape index (κ3) is 3.32. The van der Waals surface area contributed by atoms with Crippen LogP contribution in [0.5, 0.6) is 0 Å². The summed E-state index contributed by atoms with van der Waals surface area (Å²) in [5.41, 5.74) is 5.49. The predicted octanol–water partition coefficient (Wildman–Crippen LogP) is 6.03. The van der Waals surface area contributed by atoms with Crippen molar-refractivity contribution in [2.24, 2.45) is 0 Å². The van der Waals surface area contributed by atoms with Gasteiger partial charge in [-0.1, -0.05) is 18.2 Å². The molecule has 6 rings (SSSR count). The first-order valence-corrected chi connectivity index (χ1v) is 11.6. The van der Waals surface area contributed by atoms with Crippen molar-refractivity contribution < 1.29 is 9.21 Å². The fourth-order valence-corrected chi connectivity index (χ4v) is 5.15. The Kier molecular flexibility index (Phi) is 4.63. The standard InChI is InChI=1S/C27H27N3O2/c1-17-22(15-24(32-17)18-8-9-18)27(31)30-14-4-5-20(16-30)26-25(19-10-12-28-13-11-19)21-6-2-3-7-23(21)29-26/h2-3,6-7,10-13,15,18,20,29H,4-5,8-9,14,16H2,1H3/t20-/m1/s1. The van der Waals surface area contributed by atoms with E-state index < -0.39 is 0 Å². The Balaban J connectivity index is 1.34. The number of furan rings is 1. The van der Waals surface area contributed by atoms with E-state index in [1.54, 1.807) is 0 Å². The number of para-hydroxylation sites is 1. The molecule has 1 amide bonds. The highest BCUT2D eigenvalue weighted by molar-refractivity contribution is 5.98. The fraction of sp³-hybridized carbons (Fsp3) is 0.333. The highest BCUT2D eigenvalue weighted by Gasteiger charge is 2.33. The van der Waals surface area contributed by atoms with Crippen molar-refractivity contribution in [2.45, 2.75) is 44.4 Å². The number of piperidine rings is 1. The molecule has 0 radical (unpaired) electrons. The zero-order valence-corrected chi connectivity index (χ0v) is 18.3. The molecule has 1 aliphatic heterocycles. The average molecular weight is 426 g/mol. The first-order valence-electron chi connectivity index (χ1n) is 11.6. The number of likely N-dealkylation sites (tertiary alicyclic amines) is 1. The van der Waals surface area contributed by atoms with E-state index >= 15 is 0 Å². The van der Waals surface area contributed by atoms with Crippen LogP contribution in [0.4, 0.5) is 0 Å². The van der Waals surface area contributed by atoms with Crippen LogP contribution < -0.4 is 0 Å². The number of aromatic amines is 1. The highest BCUT2D eigenvalue weighted by Crippen LogP contribution is 2.42. The maximum Gasteiger partial charge on any atom is 0.257 e. The molecular weight excluding hydrogens is 398 g/mol. The van der Waals surface area contributed by atoms with Gasteiger partial charge in [0.05, 0.1) is 5.56 Å². The molecule has 1 aliphatic carbocycles. The Labute approximate surface area is 187 Å². The van der Waals surface area contributed by atoms with Crippen molar-refractivity contribution in [1.82, 2.24) is 14.9 Å². The second-order valence-corrected chi connectivity index (χ2v) is 9.18. The van der Waals surface area contributed by atoms with Gasteiger partial charge < -0.3 is 14.3 Å². The molecule has 5 heteroatoms. The molecule has 1 saturated heterocycles. The molecule has 1 atom stereocenters. The summed E-state index contributed by atoms with van der Waals surface area (Å²) in [6.45, 7) is 3.43. The summed E-state index contributed by atoms with van der Waals surface area (Å²) < 4.78 is 5.92. The van der Waals surface area contributed by atoms with Gasteiger partial charge in [-0.15, -0.1) is 0 Å². The number of carbonyl (C=O) groups is 1. The van der Waals surface area contributed by atoms with Crippen LogP contribution >= 0.6 is 0 Å². The second kappa shape index (κ2) is 7.66. The molecule has 0 unspecified atom stereocenters. The van der Waals surface area contributed by atoms with E-state index in [1.165, 1.54) is 29.5 Å². The number of benzene rings is 1. The van der Waals surface area contributed by atoms with Crippen molar-refractivity contribution >= 4 is 16.8 Å². The molecule has 4 aromatic rings. The largest absolute Gasteiger partial charge is 0.465 e. The Bertz CT molecular complexity index is 1280. The number of fused-ring (bicyclic) bond motifs is 1. The van der Waals surface area contributed by atoms with E-state index in [1.807, 2.05) is 30.3 Å². The van der Waals surface area contributed by atoms with Gasteiger partial charge in [0.15, 0.2) is 0 Å². The maximum atomic E-state index is 13.4. The van der Waals surface area contributed by atoms with Crippen LogP contribution in [-0.4, -0.2) is 33.9 Å². The number of H-pyrrole nitrogens is 1. The second-order valence-electron chi connectivity index (χ2n) is 9.18. The van der Waals surface area contributed by atoms with Gasteiger partial charge in [-0.25, -0.2) is 0 Å². The maximum absolute atomic E-state index is 13.4. The lowest BCUT2D eigenvalue weighted by Crippen LogP contribution is -2.39. The van der Waals surface area contributed by atoms with E-state index in [0.29, 0.717) is 12.5 Å². The number of nitrogens with one attached hydrogen (secondary N) is 1. The van der Waals surface area contributed by atoms with Gasteiger partial charge in [0, 0.05) is 59.5 Å². The summed E-state index contributed by atoms with van der Waals surface area (Å²) in [4.78, 5) is 23.3. The number of aryl methyl sites for hydroxylation is 1. The number of aromatic nitrogens is 2. The number of hydrogen-bond donors (Lipinski definition) is 1. The summed E-state index contributed by atoms with van der Waals surface area (Å²) in [5, 5.41) is 1.22. The third-order valence-electron chi connectivity index (χ3n) is 6.97. The van der Waals surface area contributed by atoms with Gasteiger partial charge in [-0.05, 0) is 62.4 Å². The normalized spacial score (nSPS) is 18.9. The molecule has 2 aliphatic rings. The lowest BCUT2D eigenvalue weighted by atomic mass is 9.89. The average Bonchev–Trinajstić information content (AvgIpc) is 3.51. The number of amides is 1. The molecule has 0 bridgehead atoms. The predicted molar refractivity (Wildman–Crippen MR) is 125 cm³/mol. The van der Waals surface area contributed by atoms with E-state index in [9.17, 15) is 4.79 Å². The molecular formula is C27H27N3O2. The van der Waals surface area contributed by atoms with Crippen molar-refractivity contribution in [1.29, 1.82) is 0 Å². The van der Waals surface area contributed by atoms with Crippen molar-refractivity contribution in [3.63, 3.8) is 0 Å². The molecule has 0 spiro atoms. The summed E-state index contributed by atoms with van der Waals surface area (Å²) in [5.74, 6) is 2.61. The van der Waals surface area contributed by atoms with Crippen molar-refractivity contribution in [2.75, 3.05) is 13.1 Å². The monoisotopic (exact) mass is 425 g/mol. The number of hydrogen-bond acceptors (Lipinski definition) is 3. The zero-order valence-electron chi connectivity index (χ0n) is 18.3. The lowest BCUT2D eigenvalue weighted by molar-refractivity contribution is 0.0704. The van der Waals surface area contributed by atoms with Crippen LogP contribution in [0.15, 0.2) is 59.3 Å². The number of carbonyl (C=O) groups excluding carboxylic acids is 1. The Hall–Kier alpha value is -3.34. The molecule has 32 heavy (non-hydrogen) atoms.